The summed E-state index contributed by atoms with van der Waals surface area (Å²) in [6.45, 7) is 9.23. The Balaban J connectivity index is 1.77. The van der Waals surface area contributed by atoms with Gasteiger partial charge in [0.15, 0.2) is 11.0 Å². The molecule has 1 atom stereocenters. The van der Waals surface area contributed by atoms with E-state index in [1.54, 1.807) is 12.4 Å². The molecule has 0 aliphatic carbocycles. The number of anilines is 1. The van der Waals surface area contributed by atoms with E-state index in [2.05, 4.69) is 38.5 Å². The Morgan fingerprint density at radius 1 is 1.44 bits per heavy atom. The minimum atomic E-state index is 0.170. The van der Waals surface area contributed by atoms with Crippen molar-refractivity contribution >= 4 is 64.7 Å². The molecule has 10 heteroatoms. The number of aromatic amines is 1. The molecule has 1 saturated heterocycles. The van der Waals surface area contributed by atoms with E-state index in [0.29, 0.717) is 21.7 Å². The van der Waals surface area contributed by atoms with Gasteiger partial charge in [0.05, 0.1) is 10.4 Å². The van der Waals surface area contributed by atoms with E-state index in [1.165, 1.54) is 11.8 Å². The Morgan fingerprint density at radius 2 is 2.28 bits per heavy atom. The number of nitrogens with one attached hydrogen (secondary N) is 1. The summed E-state index contributed by atoms with van der Waals surface area (Å²) in [7, 11) is 0. The van der Waals surface area contributed by atoms with Gasteiger partial charge in [-0.05, 0) is 56.6 Å². The fraction of sp³-hybridized carbons (Fsp3) is 0.409. The first-order valence-electron chi connectivity index (χ1n) is 10.6. The van der Waals surface area contributed by atoms with Gasteiger partial charge < -0.3 is 15.0 Å². The molecule has 1 aliphatic heterocycles. The number of pyridine rings is 1. The van der Waals surface area contributed by atoms with Crippen molar-refractivity contribution < 1.29 is 5.11 Å². The fourth-order valence-electron chi connectivity index (χ4n) is 3.94. The van der Waals surface area contributed by atoms with Gasteiger partial charge in [0.2, 0.25) is 0 Å². The molecule has 0 radical (unpaired) electrons. The number of aliphatic hydroxyl groups excluding tert-OH is 1. The Bertz CT molecular complexity index is 1160. The normalized spacial score (nSPS) is 16.9. The monoisotopic (exact) mass is 471 g/mol. The van der Waals surface area contributed by atoms with E-state index >= 15 is 0 Å². The minimum absolute atomic E-state index is 0.170. The molecular formula is C22H26ClN7OS. The van der Waals surface area contributed by atoms with Crippen molar-refractivity contribution in [3.63, 3.8) is 0 Å². The van der Waals surface area contributed by atoms with Crippen LogP contribution in [0.15, 0.2) is 32.3 Å². The highest BCUT2D eigenvalue weighted by molar-refractivity contribution is 7.99. The molecule has 0 saturated carbocycles. The first kappa shape index (κ1) is 22.7. The first-order valence-corrected chi connectivity index (χ1v) is 11.8. The molecule has 1 fully saturated rings. The van der Waals surface area contributed by atoms with Crippen molar-refractivity contribution in [1.29, 1.82) is 0 Å². The van der Waals surface area contributed by atoms with Crippen molar-refractivity contribution in [2.45, 2.75) is 43.2 Å². The lowest BCUT2D eigenvalue weighted by molar-refractivity contribution is 0.208. The second kappa shape index (κ2) is 9.97. The van der Waals surface area contributed by atoms with E-state index in [9.17, 15) is 5.11 Å². The second-order valence-electron chi connectivity index (χ2n) is 7.62. The van der Waals surface area contributed by atoms with Gasteiger partial charge in [-0.15, -0.1) is 0 Å². The molecule has 1 aliphatic rings. The van der Waals surface area contributed by atoms with Gasteiger partial charge in [0.1, 0.15) is 17.2 Å². The molecule has 2 N–H and O–H groups in total. The van der Waals surface area contributed by atoms with Crippen LogP contribution in [0.4, 0.5) is 17.3 Å². The van der Waals surface area contributed by atoms with Crippen LogP contribution in [0.1, 0.15) is 32.4 Å². The predicted octanol–water partition coefficient (Wildman–Crippen LogP) is 4.98. The summed E-state index contributed by atoms with van der Waals surface area (Å²) in [6, 6.07) is 1.90. The van der Waals surface area contributed by atoms with Crippen LogP contribution in [0.25, 0.3) is 11.0 Å². The van der Waals surface area contributed by atoms with E-state index in [4.69, 9.17) is 21.6 Å². The van der Waals surface area contributed by atoms with Crippen LogP contribution in [0.2, 0.25) is 5.02 Å². The molecule has 1 unspecified atom stereocenters. The van der Waals surface area contributed by atoms with Crippen LogP contribution in [0.3, 0.4) is 0 Å². The predicted molar refractivity (Wildman–Crippen MR) is 132 cm³/mol. The van der Waals surface area contributed by atoms with Gasteiger partial charge in [0.25, 0.3) is 0 Å². The molecule has 3 aromatic heterocycles. The summed E-state index contributed by atoms with van der Waals surface area (Å²) in [6.07, 6.45) is 6.20. The molecule has 4 heterocycles. The molecule has 8 nitrogen and oxygen atoms in total. The maximum absolute atomic E-state index is 9.70. The third kappa shape index (κ3) is 4.51. The number of rotatable bonds is 7. The van der Waals surface area contributed by atoms with E-state index < -0.39 is 0 Å². The molecule has 0 spiro atoms. The van der Waals surface area contributed by atoms with Crippen molar-refractivity contribution in [3.8, 4) is 0 Å². The molecule has 168 valence electrons. The number of hydrogen-bond acceptors (Lipinski definition) is 8. The van der Waals surface area contributed by atoms with Gasteiger partial charge in [-0.1, -0.05) is 18.5 Å². The third-order valence-electron chi connectivity index (χ3n) is 5.50. The number of H-pyrrole nitrogens is 1. The zero-order valence-corrected chi connectivity index (χ0v) is 19.7. The highest BCUT2D eigenvalue weighted by Crippen LogP contribution is 2.39. The summed E-state index contributed by atoms with van der Waals surface area (Å²) >= 11 is 8.13. The minimum Gasteiger partial charge on any atom is -0.396 e. The number of aliphatic imine (C=N–C) groups is 2. The molecular weight excluding hydrogens is 446 g/mol. The molecule has 0 amide bonds. The second-order valence-corrected chi connectivity index (χ2v) is 9.04. The van der Waals surface area contributed by atoms with Crippen LogP contribution in [-0.4, -0.2) is 57.7 Å². The van der Waals surface area contributed by atoms with Crippen molar-refractivity contribution in [2.24, 2.45) is 15.9 Å². The summed E-state index contributed by atoms with van der Waals surface area (Å²) in [5, 5.41) is 11.8. The van der Waals surface area contributed by atoms with E-state index in [-0.39, 0.29) is 12.5 Å². The lowest BCUT2D eigenvalue weighted by Gasteiger charge is -2.33. The van der Waals surface area contributed by atoms with Crippen LogP contribution in [0.5, 0.6) is 0 Å². The highest BCUT2D eigenvalue weighted by Gasteiger charge is 2.26. The van der Waals surface area contributed by atoms with E-state index in [0.717, 1.165) is 59.8 Å². The number of nitrogens with zero attached hydrogens (tertiary/aromatic N) is 6. The molecule has 3 aromatic rings. The Morgan fingerprint density at radius 3 is 3.00 bits per heavy atom. The quantitative estimate of drug-likeness (QED) is 0.372. The van der Waals surface area contributed by atoms with Crippen LogP contribution < -0.4 is 4.90 Å². The van der Waals surface area contributed by atoms with Crippen LogP contribution in [0, 0.1) is 5.92 Å². The lowest BCUT2D eigenvalue weighted by Crippen LogP contribution is -2.37. The first-order chi connectivity index (χ1) is 15.6. The standard InChI is InChI=1S/C22H26ClN7OS/c1-4-15-18(23)17-20(27-15)28-22(29-21(17)30-8-6-7-13(11-30)12-31)32-14-9-16(25-5-2)19(24-3)26-10-14/h5,9-10,13,31H,3-4,6-8,11-12H2,1-2H3,(H,27,28,29). The average molecular weight is 472 g/mol. The van der Waals surface area contributed by atoms with E-state index in [1.807, 2.05) is 13.0 Å². The van der Waals surface area contributed by atoms with Gasteiger partial charge in [-0.2, -0.15) is 0 Å². The summed E-state index contributed by atoms with van der Waals surface area (Å²) in [5.74, 6) is 1.52. The van der Waals surface area contributed by atoms with Gasteiger partial charge >= 0.3 is 0 Å². The number of aliphatic hydroxyl groups is 1. The largest absolute Gasteiger partial charge is 0.396 e. The Kier molecular flexibility index (Phi) is 7.07. The lowest BCUT2D eigenvalue weighted by atomic mass is 9.99. The number of aryl methyl sites for hydroxylation is 1. The topological polar surface area (TPSA) is 103 Å². The SMILES string of the molecule is C=Nc1ncc(Sc2nc(N3CCCC(CO)C3)c3c(Cl)c(CC)[nH]c3n2)cc1N=CC. The van der Waals surface area contributed by atoms with Gasteiger partial charge in [0, 0.05) is 42.7 Å². The van der Waals surface area contributed by atoms with Gasteiger partial charge in [-0.25, -0.2) is 19.9 Å². The van der Waals surface area contributed by atoms with Crippen LogP contribution >= 0.6 is 23.4 Å². The maximum Gasteiger partial charge on any atom is 0.196 e. The summed E-state index contributed by atoms with van der Waals surface area (Å²) in [4.78, 5) is 28.7. The van der Waals surface area contributed by atoms with Crippen molar-refractivity contribution in [1.82, 2.24) is 19.9 Å². The molecule has 4 rings (SSSR count). The Hall–Kier alpha value is -2.49. The zero-order valence-electron chi connectivity index (χ0n) is 18.2. The van der Waals surface area contributed by atoms with Crippen LogP contribution in [-0.2, 0) is 6.42 Å². The molecule has 32 heavy (non-hydrogen) atoms. The summed E-state index contributed by atoms with van der Waals surface area (Å²) < 4.78 is 0. The smallest absolute Gasteiger partial charge is 0.196 e. The van der Waals surface area contributed by atoms with Crippen molar-refractivity contribution in [2.75, 3.05) is 24.6 Å². The maximum atomic E-state index is 9.70. The zero-order chi connectivity index (χ0) is 22.7. The number of fused-ring (bicyclic) bond motifs is 1. The Labute approximate surface area is 196 Å². The number of aromatic nitrogens is 4. The highest BCUT2D eigenvalue weighted by atomic mass is 35.5. The molecule has 0 bridgehead atoms. The molecule has 0 aromatic carbocycles. The number of halogens is 1. The fourth-order valence-corrected chi connectivity index (χ4v) is 5.05. The number of piperidine rings is 1. The van der Waals surface area contributed by atoms with Crippen molar-refractivity contribution in [3.05, 3.63) is 23.0 Å². The third-order valence-corrected chi connectivity index (χ3v) is 6.74. The van der Waals surface area contributed by atoms with Gasteiger partial charge in [-0.3, -0.25) is 4.99 Å². The number of hydrogen-bond donors (Lipinski definition) is 2. The summed E-state index contributed by atoms with van der Waals surface area (Å²) in [5.41, 5.74) is 2.30. The average Bonchev–Trinajstić information content (AvgIpc) is 3.14.